The van der Waals surface area contributed by atoms with Gasteiger partial charge in [0.25, 0.3) is 6.43 Å². The summed E-state index contributed by atoms with van der Waals surface area (Å²) in [5.74, 6) is -2.45. The van der Waals surface area contributed by atoms with Gasteiger partial charge in [-0.3, -0.25) is 9.59 Å². The minimum absolute atomic E-state index is 0.0545. The van der Waals surface area contributed by atoms with Gasteiger partial charge in [0.2, 0.25) is 5.91 Å². The predicted octanol–water partition coefficient (Wildman–Crippen LogP) is 2.75. The van der Waals surface area contributed by atoms with Gasteiger partial charge >= 0.3 is 12.1 Å². The third kappa shape index (κ3) is 4.91. The van der Waals surface area contributed by atoms with Crippen molar-refractivity contribution < 1.29 is 33.0 Å². The average molecular weight is 418 g/mol. The molecule has 158 valence electrons. The molecule has 3 rings (SSSR count). The van der Waals surface area contributed by atoms with E-state index in [-0.39, 0.29) is 12.5 Å². The molecule has 0 aromatic heterocycles. The van der Waals surface area contributed by atoms with E-state index in [1.807, 2.05) is 59.2 Å². The molecule has 7 nitrogen and oxygen atoms in total. The van der Waals surface area contributed by atoms with Crippen molar-refractivity contribution in [1.29, 1.82) is 0 Å². The van der Waals surface area contributed by atoms with Gasteiger partial charge < -0.3 is 20.5 Å². The third-order valence-corrected chi connectivity index (χ3v) is 4.79. The Bertz CT molecular complexity index is 905. The number of amides is 2. The topological polar surface area (TPSA) is 105 Å². The minimum Gasteiger partial charge on any atom is -0.480 e. The number of rotatable bonds is 8. The molecule has 1 atom stereocenters. The molecule has 0 saturated heterocycles. The van der Waals surface area contributed by atoms with Crippen LogP contribution in [0.5, 0.6) is 0 Å². The second-order valence-electron chi connectivity index (χ2n) is 6.79. The molecule has 0 aliphatic heterocycles. The van der Waals surface area contributed by atoms with E-state index in [2.05, 4.69) is 0 Å². The van der Waals surface area contributed by atoms with Crippen LogP contribution in [0.15, 0.2) is 48.5 Å². The van der Waals surface area contributed by atoms with Crippen LogP contribution in [0, 0.1) is 0 Å². The number of carboxylic acids is 1. The van der Waals surface area contributed by atoms with Crippen LogP contribution in [0.4, 0.5) is 13.6 Å². The van der Waals surface area contributed by atoms with Crippen LogP contribution in [0.2, 0.25) is 0 Å². The van der Waals surface area contributed by atoms with Gasteiger partial charge in [0.1, 0.15) is 19.2 Å². The molecule has 1 unspecified atom stereocenters. The Morgan fingerprint density at radius 3 is 2.10 bits per heavy atom. The lowest BCUT2D eigenvalue weighted by atomic mass is 9.98. The lowest BCUT2D eigenvalue weighted by Crippen LogP contribution is -2.44. The molecule has 2 amide bonds. The Morgan fingerprint density at radius 1 is 1.00 bits per heavy atom. The molecule has 3 N–H and O–H groups in total. The van der Waals surface area contributed by atoms with Gasteiger partial charge in [-0.15, -0.1) is 0 Å². The first-order valence-electron chi connectivity index (χ1n) is 9.25. The van der Waals surface area contributed by atoms with Crippen LogP contribution in [-0.2, 0) is 14.3 Å². The average Bonchev–Trinajstić information content (AvgIpc) is 3.04. The first-order chi connectivity index (χ1) is 14.4. The Kier molecular flexibility index (Phi) is 6.61. The fraction of sp³-hybridized carbons (Fsp3) is 0.286. The molecule has 0 heterocycles. The highest BCUT2D eigenvalue weighted by Crippen LogP contribution is 2.44. The van der Waals surface area contributed by atoms with Crippen molar-refractivity contribution in [3.05, 3.63) is 59.7 Å². The van der Waals surface area contributed by atoms with Gasteiger partial charge in [0.15, 0.2) is 0 Å². The number of carbonyl (C=O) groups is 3. The number of halogens is 2. The number of fused-ring (bicyclic) bond motifs is 3. The number of hydrogen-bond donors (Lipinski definition) is 3. The summed E-state index contributed by atoms with van der Waals surface area (Å²) in [7, 11) is 0. The minimum atomic E-state index is -3.03. The highest BCUT2D eigenvalue weighted by molar-refractivity contribution is 5.82. The lowest BCUT2D eigenvalue weighted by Gasteiger charge is -2.19. The summed E-state index contributed by atoms with van der Waals surface area (Å²) in [4.78, 5) is 34.1. The monoisotopic (exact) mass is 418 g/mol. The highest BCUT2D eigenvalue weighted by Gasteiger charge is 2.30. The highest BCUT2D eigenvalue weighted by atomic mass is 19.3. The van der Waals surface area contributed by atoms with Crippen molar-refractivity contribution in [3.8, 4) is 11.1 Å². The molecule has 0 saturated carbocycles. The maximum Gasteiger partial charge on any atom is 0.407 e. The van der Waals surface area contributed by atoms with E-state index in [1.54, 1.807) is 0 Å². The van der Waals surface area contributed by atoms with Crippen LogP contribution in [0.25, 0.3) is 11.1 Å². The van der Waals surface area contributed by atoms with E-state index in [9.17, 15) is 23.2 Å². The first-order valence-corrected chi connectivity index (χ1v) is 9.25. The van der Waals surface area contributed by atoms with Gasteiger partial charge in [0.05, 0.1) is 6.42 Å². The molecular weight excluding hydrogens is 398 g/mol. The number of ether oxygens (including phenoxy) is 1. The van der Waals surface area contributed by atoms with Gasteiger partial charge in [-0.05, 0) is 22.3 Å². The molecule has 0 bridgehead atoms. The summed E-state index contributed by atoms with van der Waals surface area (Å²) < 4.78 is 31.6. The van der Waals surface area contributed by atoms with E-state index in [1.165, 1.54) is 0 Å². The van der Waals surface area contributed by atoms with Crippen LogP contribution in [-0.4, -0.2) is 48.7 Å². The molecule has 0 spiro atoms. The summed E-state index contributed by atoms with van der Waals surface area (Å²) in [6.45, 7) is -0.749. The Hall–Kier alpha value is -3.49. The maximum atomic E-state index is 13.2. The summed E-state index contributed by atoms with van der Waals surface area (Å²) in [6, 6.07) is 13.6. The van der Waals surface area contributed by atoms with Crippen LogP contribution >= 0.6 is 0 Å². The molecule has 30 heavy (non-hydrogen) atoms. The van der Waals surface area contributed by atoms with Crippen molar-refractivity contribution in [3.63, 3.8) is 0 Å². The van der Waals surface area contributed by atoms with Gasteiger partial charge in [-0.1, -0.05) is 48.5 Å². The van der Waals surface area contributed by atoms with Crippen molar-refractivity contribution >= 4 is 18.0 Å². The van der Waals surface area contributed by atoms with Crippen LogP contribution in [0.1, 0.15) is 23.5 Å². The maximum absolute atomic E-state index is 13.2. The molecule has 9 heteroatoms. The molecule has 1 aliphatic carbocycles. The second-order valence-corrected chi connectivity index (χ2v) is 6.79. The smallest absolute Gasteiger partial charge is 0.407 e. The third-order valence-electron chi connectivity index (χ3n) is 4.79. The van der Waals surface area contributed by atoms with Crippen LogP contribution in [0.3, 0.4) is 0 Å². The summed E-state index contributed by atoms with van der Waals surface area (Å²) >= 11 is 0. The largest absolute Gasteiger partial charge is 0.480 e. The number of alkyl carbamates (subject to hydrolysis) is 1. The lowest BCUT2D eigenvalue weighted by molar-refractivity contribution is -0.138. The van der Waals surface area contributed by atoms with Crippen molar-refractivity contribution in [2.24, 2.45) is 0 Å². The quantitative estimate of drug-likeness (QED) is 0.612. The van der Waals surface area contributed by atoms with E-state index < -0.39 is 43.4 Å². The number of carboxylic acid groups (broad SMARTS) is 1. The Balaban J connectivity index is 1.61. The van der Waals surface area contributed by atoms with Crippen molar-refractivity contribution in [1.82, 2.24) is 10.6 Å². The Labute approximate surface area is 171 Å². The van der Waals surface area contributed by atoms with Crippen LogP contribution < -0.4 is 10.6 Å². The van der Waals surface area contributed by atoms with E-state index in [4.69, 9.17) is 9.84 Å². The standard InChI is InChI=1S/C21H20F2N2O5/c22-20(23)17(9-18(26)24-10-19(27)28)25-21(29)30-11-16-14-7-3-1-5-12(14)13-6-2-4-8-15(13)16/h1-8,16-17,20H,9-11H2,(H,24,26)(H,25,29)(H,27,28). The van der Waals surface area contributed by atoms with Gasteiger partial charge in [-0.2, -0.15) is 0 Å². The van der Waals surface area contributed by atoms with Crippen molar-refractivity contribution in [2.75, 3.05) is 13.2 Å². The number of alkyl halides is 2. The van der Waals surface area contributed by atoms with Crippen molar-refractivity contribution in [2.45, 2.75) is 24.8 Å². The molecule has 2 aromatic rings. The predicted molar refractivity (Wildman–Crippen MR) is 103 cm³/mol. The summed E-state index contributed by atoms with van der Waals surface area (Å²) in [5.41, 5.74) is 4.01. The number of hydrogen-bond acceptors (Lipinski definition) is 4. The zero-order valence-electron chi connectivity index (χ0n) is 15.8. The molecule has 1 aliphatic rings. The normalized spacial score (nSPS) is 13.3. The number of carbonyl (C=O) groups excluding carboxylic acids is 2. The van der Waals surface area contributed by atoms with E-state index in [0.717, 1.165) is 22.3 Å². The number of aliphatic carboxylic acids is 1. The van der Waals surface area contributed by atoms with E-state index in [0.29, 0.717) is 0 Å². The SMILES string of the molecule is O=C(O)CNC(=O)CC(NC(=O)OCC1c2ccccc2-c2ccccc21)C(F)F. The fourth-order valence-corrected chi connectivity index (χ4v) is 3.44. The number of nitrogens with one attached hydrogen (secondary N) is 2. The summed E-state index contributed by atoms with van der Waals surface area (Å²) in [6.07, 6.45) is -4.87. The number of benzene rings is 2. The van der Waals surface area contributed by atoms with E-state index >= 15 is 0 Å². The first kappa shape index (κ1) is 21.2. The summed E-state index contributed by atoms with van der Waals surface area (Å²) in [5, 5.41) is 12.5. The second kappa shape index (κ2) is 9.34. The Morgan fingerprint density at radius 2 is 1.57 bits per heavy atom. The fourth-order valence-electron chi connectivity index (χ4n) is 3.44. The molecule has 2 aromatic carbocycles. The molecule has 0 fully saturated rings. The molecular formula is C21H20F2N2O5. The van der Waals surface area contributed by atoms with Gasteiger partial charge in [0, 0.05) is 5.92 Å². The zero-order valence-corrected chi connectivity index (χ0v) is 15.8. The zero-order chi connectivity index (χ0) is 21.7. The molecule has 0 radical (unpaired) electrons. The van der Waals surface area contributed by atoms with Gasteiger partial charge in [-0.25, -0.2) is 13.6 Å².